The van der Waals surface area contributed by atoms with Gasteiger partial charge in [-0.15, -0.1) is 11.3 Å². The predicted molar refractivity (Wildman–Crippen MR) is 84.3 cm³/mol. The third-order valence-electron chi connectivity index (χ3n) is 3.30. The van der Waals surface area contributed by atoms with Crippen molar-refractivity contribution in [3.8, 4) is 5.75 Å². The van der Waals surface area contributed by atoms with Crippen LogP contribution in [0.5, 0.6) is 5.75 Å². The molecule has 2 heterocycles. The van der Waals surface area contributed by atoms with Crippen LogP contribution in [0.4, 0.5) is 9.93 Å². The Morgan fingerprint density at radius 3 is 3.27 bits per heavy atom. The lowest BCUT2D eigenvalue weighted by molar-refractivity contribution is 0.182. The van der Waals surface area contributed by atoms with Gasteiger partial charge in [-0.2, -0.15) is 0 Å². The van der Waals surface area contributed by atoms with E-state index in [0.29, 0.717) is 24.9 Å². The molecule has 0 aliphatic carbocycles. The summed E-state index contributed by atoms with van der Waals surface area (Å²) in [4.78, 5) is 16.2. The average Bonchev–Trinajstić information content (AvgIpc) is 3.15. The molecule has 0 fully saturated rings. The third-order valence-corrected chi connectivity index (χ3v) is 4.11. The first-order valence-corrected chi connectivity index (χ1v) is 7.86. The molecule has 7 heteroatoms. The van der Waals surface area contributed by atoms with E-state index in [0.717, 1.165) is 23.4 Å². The second-order valence-corrected chi connectivity index (χ2v) is 5.75. The lowest BCUT2D eigenvalue weighted by Gasteiger charge is -2.09. The highest BCUT2D eigenvalue weighted by molar-refractivity contribution is 7.13. The SMILES string of the molecule is COCc1csc(NC(=O)NCc2cccc3c2OCC3)n1. The van der Waals surface area contributed by atoms with Crippen molar-refractivity contribution in [3.63, 3.8) is 0 Å². The van der Waals surface area contributed by atoms with Crippen LogP contribution in [0.25, 0.3) is 0 Å². The molecule has 22 heavy (non-hydrogen) atoms. The van der Waals surface area contributed by atoms with Gasteiger partial charge in [0.2, 0.25) is 0 Å². The fourth-order valence-corrected chi connectivity index (χ4v) is 3.01. The molecule has 0 bridgehead atoms. The quantitative estimate of drug-likeness (QED) is 0.888. The van der Waals surface area contributed by atoms with E-state index in [1.807, 2.05) is 17.5 Å². The van der Waals surface area contributed by atoms with Crippen molar-refractivity contribution in [1.29, 1.82) is 0 Å². The van der Waals surface area contributed by atoms with E-state index in [1.54, 1.807) is 7.11 Å². The molecule has 1 aromatic heterocycles. The Balaban J connectivity index is 1.55. The molecule has 3 rings (SSSR count). The summed E-state index contributed by atoms with van der Waals surface area (Å²) >= 11 is 1.37. The summed E-state index contributed by atoms with van der Waals surface area (Å²) in [5.74, 6) is 0.902. The summed E-state index contributed by atoms with van der Waals surface area (Å²) in [6.45, 7) is 1.57. The number of para-hydroxylation sites is 1. The Kier molecular flexibility index (Phi) is 4.55. The van der Waals surface area contributed by atoms with Gasteiger partial charge in [-0.05, 0) is 5.56 Å². The lowest BCUT2D eigenvalue weighted by atomic mass is 10.1. The van der Waals surface area contributed by atoms with Crippen molar-refractivity contribution in [2.24, 2.45) is 0 Å². The lowest BCUT2D eigenvalue weighted by Crippen LogP contribution is -2.28. The normalized spacial score (nSPS) is 12.6. The number of methoxy groups -OCH3 is 1. The minimum atomic E-state index is -0.283. The van der Waals surface area contributed by atoms with Crippen LogP contribution in [0.2, 0.25) is 0 Å². The molecule has 2 amide bonds. The zero-order chi connectivity index (χ0) is 15.4. The summed E-state index contributed by atoms with van der Waals surface area (Å²) in [5.41, 5.74) is 2.99. The van der Waals surface area contributed by atoms with Crippen LogP contribution < -0.4 is 15.4 Å². The number of nitrogens with zero attached hydrogens (tertiary/aromatic N) is 1. The van der Waals surface area contributed by atoms with Gasteiger partial charge in [-0.25, -0.2) is 9.78 Å². The average molecular weight is 319 g/mol. The first-order chi connectivity index (χ1) is 10.8. The van der Waals surface area contributed by atoms with Crippen LogP contribution in [0, 0.1) is 0 Å². The smallest absolute Gasteiger partial charge is 0.321 e. The monoisotopic (exact) mass is 319 g/mol. The number of carbonyl (C=O) groups excluding carboxylic acids is 1. The predicted octanol–water partition coefficient (Wildman–Crippen LogP) is 2.55. The molecule has 0 saturated heterocycles. The molecule has 0 saturated carbocycles. The van der Waals surface area contributed by atoms with Crippen LogP contribution >= 0.6 is 11.3 Å². The molecule has 6 nitrogen and oxygen atoms in total. The number of rotatable bonds is 5. The zero-order valence-corrected chi connectivity index (χ0v) is 13.0. The number of anilines is 1. The highest BCUT2D eigenvalue weighted by atomic mass is 32.1. The molecule has 0 radical (unpaired) electrons. The van der Waals surface area contributed by atoms with Crippen LogP contribution in [-0.4, -0.2) is 24.7 Å². The maximum Gasteiger partial charge on any atom is 0.321 e. The van der Waals surface area contributed by atoms with Crippen LogP contribution in [0.3, 0.4) is 0 Å². The van der Waals surface area contributed by atoms with Crippen molar-refractivity contribution in [2.75, 3.05) is 19.0 Å². The van der Waals surface area contributed by atoms with E-state index < -0.39 is 0 Å². The molecule has 1 aliphatic rings. The van der Waals surface area contributed by atoms with E-state index in [2.05, 4.69) is 21.7 Å². The fraction of sp³-hybridized carbons (Fsp3) is 0.333. The van der Waals surface area contributed by atoms with Gasteiger partial charge >= 0.3 is 6.03 Å². The van der Waals surface area contributed by atoms with Gasteiger partial charge in [-0.3, -0.25) is 5.32 Å². The Morgan fingerprint density at radius 1 is 1.50 bits per heavy atom. The minimum absolute atomic E-state index is 0.283. The number of hydrogen-bond acceptors (Lipinski definition) is 5. The number of amides is 2. The number of benzene rings is 1. The molecule has 116 valence electrons. The number of aromatic nitrogens is 1. The number of hydrogen-bond donors (Lipinski definition) is 2. The van der Waals surface area contributed by atoms with Crippen molar-refractivity contribution < 1.29 is 14.3 Å². The first kappa shape index (κ1) is 14.8. The highest BCUT2D eigenvalue weighted by Crippen LogP contribution is 2.29. The van der Waals surface area contributed by atoms with E-state index in [4.69, 9.17) is 9.47 Å². The molecule has 0 unspecified atom stereocenters. The molecule has 1 aliphatic heterocycles. The maximum atomic E-state index is 11.9. The van der Waals surface area contributed by atoms with Gasteiger partial charge in [0.25, 0.3) is 0 Å². The summed E-state index contributed by atoms with van der Waals surface area (Å²) in [6.07, 6.45) is 0.927. The fourth-order valence-electron chi connectivity index (χ4n) is 2.32. The number of carbonyl (C=O) groups is 1. The Labute approximate surface area is 132 Å². The summed E-state index contributed by atoms with van der Waals surface area (Å²) in [5, 5.41) is 7.96. The number of urea groups is 1. The summed E-state index contributed by atoms with van der Waals surface area (Å²) < 4.78 is 10.6. The molecular weight excluding hydrogens is 302 g/mol. The van der Waals surface area contributed by atoms with Crippen molar-refractivity contribution in [1.82, 2.24) is 10.3 Å². The molecule has 2 aromatic rings. The van der Waals surface area contributed by atoms with E-state index in [-0.39, 0.29) is 6.03 Å². The van der Waals surface area contributed by atoms with E-state index in [9.17, 15) is 4.79 Å². The minimum Gasteiger partial charge on any atom is -0.493 e. The molecule has 2 N–H and O–H groups in total. The molecule has 0 atom stereocenters. The Bertz CT molecular complexity index is 672. The standard InChI is InChI=1S/C15H17N3O3S/c1-20-8-12-9-22-15(17-12)18-14(19)16-7-11-4-2-3-10-5-6-21-13(10)11/h2-4,9H,5-8H2,1H3,(H2,16,17,18,19). The molecular formula is C15H17N3O3S. The summed E-state index contributed by atoms with van der Waals surface area (Å²) in [6, 6.07) is 5.72. The largest absolute Gasteiger partial charge is 0.493 e. The first-order valence-electron chi connectivity index (χ1n) is 6.98. The second kappa shape index (κ2) is 6.76. The van der Waals surface area contributed by atoms with Gasteiger partial charge in [-0.1, -0.05) is 18.2 Å². The summed E-state index contributed by atoms with van der Waals surface area (Å²) in [7, 11) is 1.61. The number of thiazole rings is 1. The second-order valence-electron chi connectivity index (χ2n) is 4.89. The topological polar surface area (TPSA) is 72.5 Å². The van der Waals surface area contributed by atoms with Gasteiger partial charge in [0.05, 0.1) is 18.9 Å². The number of fused-ring (bicyclic) bond motifs is 1. The maximum absolute atomic E-state index is 11.9. The molecule has 1 aromatic carbocycles. The van der Waals surface area contributed by atoms with Gasteiger partial charge in [0.1, 0.15) is 5.75 Å². The molecule has 0 spiro atoms. The zero-order valence-electron chi connectivity index (χ0n) is 12.2. The number of nitrogens with one attached hydrogen (secondary N) is 2. The Hall–Kier alpha value is -2.12. The van der Waals surface area contributed by atoms with Crippen LogP contribution in [0.1, 0.15) is 16.8 Å². The Morgan fingerprint density at radius 2 is 2.41 bits per heavy atom. The van der Waals surface area contributed by atoms with Crippen LogP contribution in [-0.2, 0) is 24.3 Å². The van der Waals surface area contributed by atoms with Gasteiger partial charge < -0.3 is 14.8 Å². The van der Waals surface area contributed by atoms with Crippen molar-refractivity contribution in [2.45, 2.75) is 19.6 Å². The van der Waals surface area contributed by atoms with Crippen LogP contribution in [0.15, 0.2) is 23.6 Å². The van der Waals surface area contributed by atoms with Crippen molar-refractivity contribution >= 4 is 22.5 Å². The highest BCUT2D eigenvalue weighted by Gasteiger charge is 2.16. The van der Waals surface area contributed by atoms with Gasteiger partial charge in [0, 0.05) is 31.0 Å². The van der Waals surface area contributed by atoms with Gasteiger partial charge in [0.15, 0.2) is 5.13 Å². The number of ether oxygens (including phenoxy) is 2. The van der Waals surface area contributed by atoms with E-state index in [1.165, 1.54) is 16.9 Å². The van der Waals surface area contributed by atoms with Crippen molar-refractivity contribution in [3.05, 3.63) is 40.4 Å². The third kappa shape index (κ3) is 3.37. The van der Waals surface area contributed by atoms with E-state index >= 15 is 0 Å².